The highest BCUT2D eigenvalue weighted by Crippen LogP contribution is 2.43. The van der Waals surface area contributed by atoms with Crippen LogP contribution >= 0.6 is 0 Å². The fraction of sp³-hybridized carbons (Fsp3) is 0.407. The number of carbonyl (C=O) groups excluding carboxylic acids is 1. The first kappa shape index (κ1) is 22.6. The molecule has 2 aromatic carbocycles. The molecule has 0 radical (unpaired) electrons. The summed E-state index contributed by atoms with van der Waals surface area (Å²) in [6, 6.07) is 16.1. The van der Waals surface area contributed by atoms with Crippen molar-refractivity contribution in [1.29, 1.82) is 5.26 Å². The Morgan fingerprint density at radius 2 is 2.00 bits per heavy atom. The Balaban J connectivity index is 1.91. The number of aryl methyl sites for hydroxylation is 1. The molecule has 2 aromatic rings. The van der Waals surface area contributed by atoms with Crippen molar-refractivity contribution < 1.29 is 4.79 Å². The molecule has 1 heterocycles. The molecule has 1 amide bonds. The number of nitrogens with zero attached hydrogens (tertiary/aromatic N) is 2. The second-order valence-corrected chi connectivity index (χ2v) is 9.02. The van der Waals surface area contributed by atoms with Crippen LogP contribution < -0.4 is 10.2 Å². The lowest BCUT2D eigenvalue weighted by molar-refractivity contribution is -0.112. The SMILES string of the molecule is CCCN1c2ccc(/C=C(\C#N)C(=O)Nc3ccccc3CC)cc2C(C)CC1(C)C. The van der Waals surface area contributed by atoms with E-state index in [1.807, 2.05) is 37.3 Å². The first-order valence-electron chi connectivity index (χ1n) is 11.2. The highest BCUT2D eigenvalue weighted by atomic mass is 16.1. The van der Waals surface area contributed by atoms with Crippen LogP contribution in [-0.2, 0) is 11.2 Å². The average Bonchev–Trinajstić information content (AvgIpc) is 2.75. The van der Waals surface area contributed by atoms with Gasteiger partial charge in [-0.15, -0.1) is 0 Å². The Morgan fingerprint density at radius 1 is 1.26 bits per heavy atom. The zero-order chi connectivity index (χ0) is 22.6. The predicted molar refractivity (Wildman–Crippen MR) is 129 cm³/mol. The Bertz CT molecular complexity index is 1030. The Labute approximate surface area is 186 Å². The van der Waals surface area contributed by atoms with E-state index in [0.29, 0.717) is 5.92 Å². The second-order valence-electron chi connectivity index (χ2n) is 9.02. The quantitative estimate of drug-likeness (QED) is 0.445. The first-order chi connectivity index (χ1) is 14.8. The molecule has 0 aromatic heterocycles. The van der Waals surface area contributed by atoms with Crippen molar-refractivity contribution >= 4 is 23.4 Å². The number of carbonyl (C=O) groups is 1. The third-order valence-corrected chi connectivity index (χ3v) is 6.18. The van der Waals surface area contributed by atoms with Gasteiger partial charge in [0, 0.05) is 23.5 Å². The van der Waals surface area contributed by atoms with Gasteiger partial charge in [0.15, 0.2) is 0 Å². The molecule has 0 aliphatic carbocycles. The minimum atomic E-state index is -0.372. The first-order valence-corrected chi connectivity index (χ1v) is 11.2. The smallest absolute Gasteiger partial charge is 0.266 e. The zero-order valence-corrected chi connectivity index (χ0v) is 19.3. The van der Waals surface area contributed by atoms with Crippen LogP contribution in [0.15, 0.2) is 48.0 Å². The molecule has 4 nitrogen and oxygen atoms in total. The van der Waals surface area contributed by atoms with Crippen molar-refractivity contribution in [2.24, 2.45) is 0 Å². The molecule has 0 spiro atoms. The van der Waals surface area contributed by atoms with E-state index in [4.69, 9.17) is 0 Å². The molecule has 1 aliphatic rings. The maximum absolute atomic E-state index is 12.8. The van der Waals surface area contributed by atoms with E-state index in [9.17, 15) is 10.1 Å². The monoisotopic (exact) mass is 415 g/mol. The summed E-state index contributed by atoms with van der Waals surface area (Å²) in [4.78, 5) is 15.3. The lowest BCUT2D eigenvalue weighted by Crippen LogP contribution is -2.48. The van der Waals surface area contributed by atoms with Gasteiger partial charge in [0.05, 0.1) is 0 Å². The van der Waals surface area contributed by atoms with E-state index in [2.05, 4.69) is 56.1 Å². The van der Waals surface area contributed by atoms with E-state index in [0.717, 1.165) is 42.6 Å². The molecular weight excluding hydrogens is 382 g/mol. The molecule has 1 unspecified atom stereocenters. The minimum Gasteiger partial charge on any atom is -0.366 e. The van der Waals surface area contributed by atoms with Crippen molar-refractivity contribution in [1.82, 2.24) is 0 Å². The summed E-state index contributed by atoms with van der Waals surface area (Å²) in [5.41, 5.74) is 5.47. The number of amides is 1. The van der Waals surface area contributed by atoms with Crippen LogP contribution in [0.2, 0.25) is 0 Å². The molecule has 0 saturated carbocycles. The van der Waals surface area contributed by atoms with Gasteiger partial charge < -0.3 is 10.2 Å². The van der Waals surface area contributed by atoms with Crippen LogP contribution in [0.1, 0.15) is 70.1 Å². The van der Waals surface area contributed by atoms with E-state index < -0.39 is 0 Å². The number of hydrogen-bond donors (Lipinski definition) is 1. The normalized spacial score (nSPS) is 17.6. The van der Waals surface area contributed by atoms with Gasteiger partial charge >= 0.3 is 0 Å². The van der Waals surface area contributed by atoms with Crippen molar-refractivity contribution in [3.05, 3.63) is 64.7 Å². The third-order valence-electron chi connectivity index (χ3n) is 6.18. The number of para-hydroxylation sites is 1. The molecule has 1 aliphatic heterocycles. The Morgan fingerprint density at radius 3 is 2.68 bits per heavy atom. The van der Waals surface area contributed by atoms with Crippen LogP contribution in [0.3, 0.4) is 0 Å². The minimum absolute atomic E-state index is 0.111. The highest BCUT2D eigenvalue weighted by Gasteiger charge is 2.35. The Hall–Kier alpha value is -3.06. The molecule has 0 saturated heterocycles. The van der Waals surface area contributed by atoms with E-state index in [1.54, 1.807) is 6.08 Å². The second kappa shape index (κ2) is 9.39. The van der Waals surface area contributed by atoms with Crippen molar-refractivity contribution in [3.8, 4) is 6.07 Å². The van der Waals surface area contributed by atoms with Crippen LogP contribution in [-0.4, -0.2) is 18.0 Å². The summed E-state index contributed by atoms with van der Waals surface area (Å²) in [6.07, 6.45) is 4.68. The van der Waals surface area contributed by atoms with Crippen LogP contribution in [0, 0.1) is 11.3 Å². The molecule has 0 bridgehead atoms. The van der Waals surface area contributed by atoms with Crippen molar-refractivity contribution in [3.63, 3.8) is 0 Å². The number of hydrogen-bond acceptors (Lipinski definition) is 3. The number of anilines is 2. The summed E-state index contributed by atoms with van der Waals surface area (Å²) in [5.74, 6) is 0.0464. The lowest BCUT2D eigenvalue weighted by atomic mass is 9.79. The summed E-state index contributed by atoms with van der Waals surface area (Å²) in [7, 11) is 0. The van der Waals surface area contributed by atoms with Gasteiger partial charge in [-0.1, -0.05) is 45.0 Å². The maximum Gasteiger partial charge on any atom is 0.266 e. The van der Waals surface area contributed by atoms with Gasteiger partial charge in [-0.2, -0.15) is 5.26 Å². The topological polar surface area (TPSA) is 56.1 Å². The summed E-state index contributed by atoms with van der Waals surface area (Å²) in [6.45, 7) is 12.1. The van der Waals surface area contributed by atoms with Gasteiger partial charge in [0.25, 0.3) is 5.91 Å². The van der Waals surface area contributed by atoms with Crippen molar-refractivity contribution in [2.45, 2.75) is 65.3 Å². The van der Waals surface area contributed by atoms with E-state index in [1.165, 1.54) is 11.3 Å². The number of rotatable bonds is 6. The highest BCUT2D eigenvalue weighted by molar-refractivity contribution is 6.10. The molecule has 1 N–H and O–H groups in total. The number of fused-ring (bicyclic) bond motifs is 1. The fourth-order valence-corrected chi connectivity index (χ4v) is 4.70. The molecule has 31 heavy (non-hydrogen) atoms. The van der Waals surface area contributed by atoms with Gasteiger partial charge in [0.1, 0.15) is 11.6 Å². The van der Waals surface area contributed by atoms with Gasteiger partial charge in [0.2, 0.25) is 0 Å². The molecule has 3 rings (SSSR count). The van der Waals surface area contributed by atoms with Crippen LogP contribution in [0.25, 0.3) is 6.08 Å². The van der Waals surface area contributed by atoms with Gasteiger partial charge in [-0.25, -0.2) is 0 Å². The number of nitrogens with one attached hydrogen (secondary N) is 1. The largest absolute Gasteiger partial charge is 0.366 e. The average molecular weight is 416 g/mol. The van der Waals surface area contributed by atoms with E-state index >= 15 is 0 Å². The summed E-state index contributed by atoms with van der Waals surface area (Å²) >= 11 is 0. The molecule has 4 heteroatoms. The van der Waals surface area contributed by atoms with Crippen molar-refractivity contribution in [2.75, 3.05) is 16.8 Å². The van der Waals surface area contributed by atoms with E-state index in [-0.39, 0.29) is 17.0 Å². The van der Waals surface area contributed by atoms with Gasteiger partial charge in [-0.3, -0.25) is 4.79 Å². The zero-order valence-electron chi connectivity index (χ0n) is 19.3. The third kappa shape index (κ3) is 4.82. The maximum atomic E-state index is 12.8. The molecular formula is C27H33N3O. The number of nitriles is 1. The fourth-order valence-electron chi connectivity index (χ4n) is 4.70. The van der Waals surface area contributed by atoms with Crippen LogP contribution in [0.5, 0.6) is 0 Å². The molecule has 162 valence electrons. The molecule has 0 fully saturated rings. The summed E-state index contributed by atoms with van der Waals surface area (Å²) < 4.78 is 0. The lowest BCUT2D eigenvalue weighted by Gasteiger charge is -2.47. The van der Waals surface area contributed by atoms with Gasteiger partial charge in [-0.05, 0) is 80.0 Å². The predicted octanol–water partition coefficient (Wildman–Crippen LogP) is 6.30. The summed E-state index contributed by atoms with van der Waals surface area (Å²) in [5, 5.41) is 12.5. The molecule has 1 atom stereocenters. The Kier molecular flexibility index (Phi) is 6.85. The number of benzene rings is 2. The van der Waals surface area contributed by atoms with Crippen LogP contribution in [0.4, 0.5) is 11.4 Å². The standard InChI is InChI=1S/C27H33N3O/c1-6-14-30-25-13-12-20(16-23(25)19(3)17-27(30,4)5)15-22(18-28)26(31)29-24-11-9-8-10-21(24)7-2/h8-13,15-16,19H,6-7,14,17H2,1-5H3,(H,29,31)/b22-15+.